The van der Waals surface area contributed by atoms with Crippen molar-refractivity contribution in [3.8, 4) is 11.5 Å². The van der Waals surface area contributed by atoms with Gasteiger partial charge in [-0.1, -0.05) is 6.42 Å². The van der Waals surface area contributed by atoms with Gasteiger partial charge in [-0.15, -0.1) is 24.8 Å². The van der Waals surface area contributed by atoms with Crippen molar-refractivity contribution >= 4 is 58.4 Å². The average Bonchev–Trinajstić information content (AvgIpc) is 3.40. The zero-order valence-corrected chi connectivity index (χ0v) is 21.2. The molecule has 2 aromatic heterocycles. The number of fused-ring (bicyclic) bond motifs is 2. The van der Waals surface area contributed by atoms with Crippen molar-refractivity contribution in [1.29, 1.82) is 10.8 Å². The molecule has 0 aliphatic carbocycles. The Labute approximate surface area is 215 Å². The standard InChI is InChI=1S/C25H28N4O4.2ClH/c1-30-20-12-16(24(26)27)8-14-10-18(32-22(14)20)6-4-3-5-7-19-11-15-9-17(25(28)29)13-21(31-2)23(15)33-19;;/h8-13H,3-7H2,1-2H3,(H3,26,27)(H3,28,29);2*1H. The lowest BCUT2D eigenvalue weighted by atomic mass is 10.1. The number of halogens is 2. The average molecular weight is 521 g/mol. The molecule has 0 aliphatic rings. The highest BCUT2D eigenvalue weighted by molar-refractivity contribution is 6.01. The molecule has 35 heavy (non-hydrogen) atoms. The number of hydrogen-bond donors (Lipinski definition) is 4. The summed E-state index contributed by atoms with van der Waals surface area (Å²) < 4.78 is 22.8. The number of nitrogens with one attached hydrogen (secondary N) is 2. The van der Waals surface area contributed by atoms with E-state index < -0.39 is 0 Å². The Kier molecular flexibility index (Phi) is 9.45. The molecule has 2 heterocycles. The Balaban J connectivity index is 0.00000216. The van der Waals surface area contributed by atoms with E-state index in [1.54, 1.807) is 26.4 Å². The first-order chi connectivity index (χ1) is 15.9. The lowest BCUT2D eigenvalue weighted by Gasteiger charge is -2.04. The lowest BCUT2D eigenvalue weighted by molar-refractivity contribution is 0.406. The van der Waals surface area contributed by atoms with Gasteiger partial charge in [-0.05, 0) is 49.2 Å². The van der Waals surface area contributed by atoms with Gasteiger partial charge < -0.3 is 29.8 Å². The van der Waals surface area contributed by atoms with Crippen molar-refractivity contribution in [3.05, 3.63) is 59.0 Å². The predicted molar refractivity (Wildman–Crippen MR) is 143 cm³/mol. The minimum Gasteiger partial charge on any atom is -0.493 e. The number of nitrogen functional groups attached to an aromatic ring is 2. The maximum Gasteiger partial charge on any atom is 0.176 e. The topological polar surface area (TPSA) is 144 Å². The van der Waals surface area contributed by atoms with E-state index in [1.165, 1.54) is 0 Å². The van der Waals surface area contributed by atoms with Crippen molar-refractivity contribution < 1.29 is 18.3 Å². The van der Waals surface area contributed by atoms with Gasteiger partial charge in [-0.25, -0.2) is 0 Å². The summed E-state index contributed by atoms with van der Waals surface area (Å²) in [5.41, 5.74) is 13.8. The number of furan rings is 2. The smallest absolute Gasteiger partial charge is 0.176 e. The van der Waals surface area contributed by atoms with Crippen LogP contribution < -0.4 is 20.9 Å². The Morgan fingerprint density at radius 2 is 1.09 bits per heavy atom. The number of ether oxygens (including phenoxy) is 2. The monoisotopic (exact) mass is 520 g/mol. The molecule has 4 rings (SSSR count). The van der Waals surface area contributed by atoms with E-state index in [0.29, 0.717) is 33.8 Å². The number of benzene rings is 2. The summed E-state index contributed by atoms with van der Waals surface area (Å²) in [5.74, 6) is 2.93. The molecule has 0 saturated heterocycles. The molecule has 188 valence electrons. The molecule has 6 N–H and O–H groups in total. The van der Waals surface area contributed by atoms with Crippen LogP contribution in [-0.4, -0.2) is 25.9 Å². The molecule has 0 spiro atoms. The quantitative estimate of drug-likeness (QED) is 0.122. The van der Waals surface area contributed by atoms with Crippen LogP contribution in [0.1, 0.15) is 41.9 Å². The molecule has 8 nitrogen and oxygen atoms in total. The largest absolute Gasteiger partial charge is 0.493 e. The van der Waals surface area contributed by atoms with Crippen LogP contribution in [0, 0.1) is 10.8 Å². The first kappa shape index (κ1) is 27.9. The van der Waals surface area contributed by atoms with Gasteiger partial charge in [0, 0.05) is 34.7 Å². The Bertz CT molecular complexity index is 1240. The summed E-state index contributed by atoms with van der Waals surface area (Å²) >= 11 is 0. The highest BCUT2D eigenvalue weighted by atomic mass is 35.5. The van der Waals surface area contributed by atoms with E-state index in [9.17, 15) is 0 Å². The van der Waals surface area contributed by atoms with Crippen LogP contribution in [0.5, 0.6) is 11.5 Å². The van der Waals surface area contributed by atoms with Crippen LogP contribution in [0.4, 0.5) is 0 Å². The van der Waals surface area contributed by atoms with E-state index in [1.807, 2.05) is 24.3 Å². The SMILES string of the molecule is COc1cc(C(=N)N)cc2cc(CCCCCc3cc4cc(C(=N)N)cc(OC)c4o3)oc12.Cl.Cl. The van der Waals surface area contributed by atoms with Gasteiger partial charge in [0.1, 0.15) is 23.2 Å². The van der Waals surface area contributed by atoms with Gasteiger partial charge in [-0.2, -0.15) is 0 Å². The fraction of sp³-hybridized carbons (Fsp3) is 0.280. The van der Waals surface area contributed by atoms with Gasteiger partial charge in [-0.3, -0.25) is 10.8 Å². The summed E-state index contributed by atoms with van der Waals surface area (Å²) in [4.78, 5) is 0. The van der Waals surface area contributed by atoms with Crippen molar-refractivity contribution in [2.24, 2.45) is 11.5 Å². The maximum absolute atomic E-state index is 7.67. The van der Waals surface area contributed by atoms with Crippen molar-refractivity contribution in [2.45, 2.75) is 32.1 Å². The zero-order valence-electron chi connectivity index (χ0n) is 19.6. The summed E-state index contributed by atoms with van der Waals surface area (Å²) in [6.45, 7) is 0. The molecule has 0 aliphatic heterocycles. The second kappa shape index (κ2) is 11.9. The van der Waals surface area contributed by atoms with Crippen LogP contribution in [0.3, 0.4) is 0 Å². The van der Waals surface area contributed by atoms with Crippen molar-refractivity contribution in [1.82, 2.24) is 0 Å². The Morgan fingerprint density at radius 3 is 1.43 bits per heavy atom. The zero-order chi connectivity index (χ0) is 23.5. The highest BCUT2D eigenvalue weighted by Gasteiger charge is 2.14. The maximum atomic E-state index is 7.67. The summed E-state index contributed by atoms with van der Waals surface area (Å²) in [6, 6.07) is 11.1. The Morgan fingerprint density at radius 1 is 0.686 bits per heavy atom. The lowest BCUT2D eigenvalue weighted by Crippen LogP contribution is -2.10. The highest BCUT2D eigenvalue weighted by Crippen LogP contribution is 2.32. The molecule has 0 saturated carbocycles. The van der Waals surface area contributed by atoms with Crippen LogP contribution in [0.15, 0.2) is 45.2 Å². The van der Waals surface area contributed by atoms with Gasteiger partial charge in [0.05, 0.1) is 14.2 Å². The molecule has 0 atom stereocenters. The summed E-state index contributed by atoms with van der Waals surface area (Å²) in [5, 5.41) is 17.1. The van der Waals surface area contributed by atoms with Crippen molar-refractivity contribution in [2.75, 3.05) is 14.2 Å². The van der Waals surface area contributed by atoms with Gasteiger partial charge >= 0.3 is 0 Å². The number of nitrogens with two attached hydrogens (primary N) is 2. The molecule has 0 radical (unpaired) electrons. The molecule has 2 aromatic carbocycles. The van der Waals surface area contributed by atoms with E-state index in [0.717, 1.165) is 54.4 Å². The third kappa shape index (κ3) is 6.01. The third-order valence-electron chi connectivity index (χ3n) is 5.67. The van der Waals surface area contributed by atoms with E-state index >= 15 is 0 Å². The number of rotatable bonds is 10. The molecule has 4 aromatic rings. The van der Waals surface area contributed by atoms with Crippen LogP contribution >= 0.6 is 24.8 Å². The molecular weight excluding hydrogens is 491 g/mol. The van der Waals surface area contributed by atoms with Crippen molar-refractivity contribution in [3.63, 3.8) is 0 Å². The predicted octanol–water partition coefficient (Wildman–Crippen LogP) is 5.56. The Hall–Kier alpha value is -3.36. The normalized spacial score (nSPS) is 10.6. The van der Waals surface area contributed by atoms with E-state index in [-0.39, 0.29) is 36.5 Å². The third-order valence-corrected chi connectivity index (χ3v) is 5.67. The number of aryl methyl sites for hydroxylation is 2. The molecule has 0 bridgehead atoms. The minimum absolute atomic E-state index is 0. The molecule has 0 unspecified atom stereocenters. The van der Waals surface area contributed by atoms with E-state index in [4.69, 9.17) is 40.6 Å². The van der Waals surface area contributed by atoms with Crippen LogP contribution in [-0.2, 0) is 12.8 Å². The fourth-order valence-electron chi connectivity index (χ4n) is 3.98. The summed E-state index contributed by atoms with van der Waals surface area (Å²) in [6.07, 6.45) is 4.57. The molecule has 10 heteroatoms. The van der Waals surface area contributed by atoms with Crippen LogP contribution in [0.2, 0.25) is 0 Å². The number of unbranched alkanes of at least 4 members (excludes halogenated alkanes) is 2. The summed E-state index contributed by atoms with van der Waals surface area (Å²) in [7, 11) is 3.16. The first-order valence-corrected chi connectivity index (χ1v) is 10.8. The number of amidine groups is 2. The molecule has 0 fully saturated rings. The van der Waals surface area contributed by atoms with Crippen LogP contribution in [0.25, 0.3) is 21.9 Å². The first-order valence-electron chi connectivity index (χ1n) is 10.8. The molecule has 0 amide bonds. The number of hydrogen-bond acceptors (Lipinski definition) is 6. The second-order valence-electron chi connectivity index (χ2n) is 8.01. The number of methoxy groups -OCH3 is 2. The van der Waals surface area contributed by atoms with Gasteiger partial charge in [0.2, 0.25) is 0 Å². The fourth-order valence-corrected chi connectivity index (χ4v) is 3.98. The minimum atomic E-state index is -0.00123. The van der Waals surface area contributed by atoms with E-state index in [2.05, 4.69) is 0 Å². The van der Waals surface area contributed by atoms with Gasteiger partial charge in [0.25, 0.3) is 0 Å². The molecular formula is C25H30Cl2N4O4. The second-order valence-corrected chi connectivity index (χ2v) is 8.01. The van der Waals surface area contributed by atoms with Gasteiger partial charge in [0.15, 0.2) is 22.7 Å².